The van der Waals surface area contributed by atoms with Gasteiger partial charge in [-0.1, -0.05) is 18.2 Å². The van der Waals surface area contributed by atoms with Crippen LogP contribution in [0.1, 0.15) is 15.9 Å². The normalized spacial score (nSPS) is 10.1. The number of benzene rings is 2. The van der Waals surface area contributed by atoms with Gasteiger partial charge in [0.2, 0.25) is 0 Å². The summed E-state index contributed by atoms with van der Waals surface area (Å²) in [5, 5.41) is 0. The van der Waals surface area contributed by atoms with E-state index in [1.54, 1.807) is 24.3 Å². The summed E-state index contributed by atoms with van der Waals surface area (Å²) in [7, 11) is 0. The summed E-state index contributed by atoms with van der Waals surface area (Å²) in [6.45, 7) is 1.88. The van der Waals surface area contributed by atoms with E-state index >= 15 is 0 Å². The second-order valence-corrected chi connectivity index (χ2v) is 4.57. The first kappa shape index (κ1) is 12.6. The Morgan fingerprint density at radius 2 is 2.06 bits per heavy atom. The molecule has 4 heteroatoms. The van der Waals surface area contributed by atoms with E-state index in [4.69, 9.17) is 4.18 Å². The Balaban J connectivity index is 2.12. The van der Waals surface area contributed by atoms with E-state index in [-0.39, 0.29) is 5.82 Å². The van der Waals surface area contributed by atoms with Gasteiger partial charge >= 0.3 is 0 Å². The van der Waals surface area contributed by atoms with Gasteiger partial charge in [-0.2, -0.15) is 0 Å². The number of hydrogen-bond donors (Lipinski definition) is 0. The highest BCUT2D eigenvalue weighted by Gasteiger charge is 2.04. The smallest absolute Gasteiger partial charge is 0.150 e. The third-order valence-corrected chi connectivity index (χ3v) is 3.08. The number of halogens is 1. The number of hydrogen-bond acceptors (Lipinski definition) is 3. The van der Waals surface area contributed by atoms with Crippen LogP contribution in [0.3, 0.4) is 0 Å². The Bertz CT molecular complexity index is 569. The zero-order valence-corrected chi connectivity index (χ0v) is 10.5. The molecule has 0 heterocycles. The summed E-state index contributed by atoms with van der Waals surface area (Å²) in [5.41, 5.74) is 1.47. The second-order valence-electron chi connectivity index (χ2n) is 3.77. The highest BCUT2D eigenvalue weighted by Crippen LogP contribution is 2.27. The lowest BCUT2D eigenvalue weighted by molar-refractivity contribution is 0.112. The molecule has 0 fully saturated rings. The average Bonchev–Trinajstić information content (AvgIpc) is 2.38. The monoisotopic (exact) mass is 262 g/mol. The summed E-state index contributed by atoms with van der Waals surface area (Å²) >= 11 is 1.07. The van der Waals surface area contributed by atoms with Crippen molar-refractivity contribution in [2.45, 2.75) is 11.8 Å². The molecule has 92 valence electrons. The molecule has 0 radical (unpaired) electrons. The Morgan fingerprint density at radius 1 is 1.22 bits per heavy atom. The summed E-state index contributed by atoms with van der Waals surface area (Å²) in [6.07, 6.45) is 0.763. The standard InChI is InChI=1S/C14H11FO2S/c1-10-5-6-11(9-16)7-14(10)17-18-13-4-2-3-12(15)8-13/h2-9H,1H3. The minimum Gasteiger partial charge on any atom is -0.420 e. The number of carbonyl (C=O) groups excluding carboxylic acids is 1. The van der Waals surface area contributed by atoms with Crippen molar-refractivity contribution < 1.29 is 13.4 Å². The molecule has 0 spiro atoms. The molecule has 2 aromatic rings. The van der Waals surface area contributed by atoms with Crippen molar-refractivity contribution in [2.24, 2.45) is 0 Å². The largest absolute Gasteiger partial charge is 0.420 e. The van der Waals surface area contributed by atoms with Gasteiger partial charge in [0, 0.05) is 5.56 Å². The van der Waals surface area contributed by atoms with E-state index in [9.17, 15) is 9.18 Å². The fourth-order valence-electron chi connectivity index (χ4n) is 1.39. The first-order chi connectivity index (χ1) is 8.69. The van der Waals surface area contributed by atoms with Crippen LogP contribution in [0.25, 0.3) is 0 Å². The molecule has 18 heavy (non-hydrogen) atoms. The molecular weight excluding hydrogens is 251 g/mol. The lowest BCUT2D eigenvalue weighted by atomic mass is 10.1. The van der Waals surface area contributed by atoms with Crippen LogP contribution in [0.15, 0.2) is 47.4 Å². The maximum Gasteiger partial charge on any atom is 0.150 e. The van der Waals surface area contributed by atoms with Crippen LogP contribution in [-0.2, 0) is 0 Å². The lowest BCUT2D eigenvalue weighted by Crippen LogP contribution is -1.89. The fourth-order valence-corrected chi connectivity index (χ4v) is 2.05. The Labute approximate surface area is 109 Å². The molecule has 0 aliphatic carbocycles. The maximum atomic E-state index is 13.0. The van der Waals surface area contributed by atoms with Crippen LogP contribution < -0.4 is 4.18 Å². The van der Waals surface area contributed by atoms with Crippen LogP contribution in [-0.4, -0.2) is 6.29 Å². The van der Waals surface area contributed by atoms with E-state index in [0.29, 0.717) is 16.2 Å². The van der Waals surface area contributed by atoms with Crippen LogP contribution in [0.4, 0.5) is 4.39 Å². The average molecular weight is 262 g/mol. The predicted octanol–water partition coefficient (Wildman–Crippen LogP) is 4.03. The molecule has 0 amide bonds. The zero-order valence-electron chi connectivity index (χ0n) is 9.72. The van der Waals surface area contributed by atoms with Crippen molar-refractivity contribution in [3.05, 3.63) is 59.4 Å². The van der Waals surface area contributed by atoms with Crippen molar-refractivity contribution in [1.82, 2.24) is 0 Å². The number of aldehydes is 1. The van der Waals surface area contributed by atoms with Gasteiger partial charge in [-0.25, -0.2) is 4.39 Å². The topological polar surface area (TPSA) is 26.3 Å². The molecule has 0 bridgehead atoms. The molecule has 0 atom stereocenters. The van der Waals surface area contributed by atoms with Crippen molar-refractivity contribution in [1.29, 1.82) is 0 Å². The van der Waals surface area contributed by atoms with E-state index in [1.807, 2.05) is 13.0 Å². The fraction of sp³-hybridized carbons (Fsp3) is 0.0714. The van der Waals surface area contributed by atoms with Gasteiger partial charge in [0.25, 0.3) is 0 Å². The van der Waals surface area contributed by atoms with Gasteiger partial charge in [-0.05, 0) is 36.8 Å². The van der Waals surface area contributed by atoms with Gasteiger partial charge in [0.1, 0.15) is 17.9 Å². The summed E-state index contributed by atoms with van der Waals surface area (Å²) in [4.78, 5) is 11.3. The van der Waals surface area contributed by atoms with Gasteiger partial charge in [0.05, 0.1) is 16.9 Å². The van der Waals surface area contributed by atoms with Crippen LogP contribution in [0, 0.1) is 12.7 Å². The first-order valence-electron chi connectivity index (χ1n) is 5.35. The molecular formula is C14H11FO2S. The molecule has 2 nitrogen and oxygen atoms in total. The van der Waals surface area contributed by atoms with Gasteiger partial charge < -0.3 is 4.18 Å². The quantitative estimate of drug-likeness (QED) is 0.614. The predicted molar refractivity (Wildman–Crippen MR) is 69.5 cm³/mol. The second kappa shape index (κ2) is 5.69. The number of aryl methyl sites for hydroxylation is 1. The lowest BCUT2D eigenvalue weighted by Gasteiger charge is -2.07. The van der Waals surface area contributed by atoms with Crippen molar-refractivity contribution >= 4 is 18.3 Å². The first-order valence-corrected chi connectivity index (χ1v) is 6.09. The van der Waals surface area contributed by atoms with Gasteiger partial charge in [-0.3, -0.25) is 4.79 Å². The van der Waals surface area contributed by atoms with E-state index in [2.05, 4.69) is 0 Å². The summed E-state index contributed by atoms with van der Waals surface area (Å²) in [6, 6.07) is 11.3. The molecule has 0 N–H and O–H groups in total. The highest BCUT2D eigenvalue weighted by molar-refractivity contribution is 7.95. The van der Waals surface area contributed by atoms with Crippen molar-refractivity contribution in [3.63, 3.8) is 0 Å². The van der Waals surface area contributed by atoms with Crippen LogP contribution in [0.2, 0.25) is 0 Å². The summed E-state index contributed by atoms with van der Waals surface area (Å²) < 4.78 is 18.5. The minimum absolute atomic E-state index is 0.304. The Kier molecular flexibility index (Phi) is 3.99. The maximum absolute atomic E-state index is 13.0. The van der Waals surface area contributed by atoms with Crippen LogP contribution >= 0.6 is 12.0 Å². The molecule has 0 aliphatic heterocycles. The number of rotatable bonds is 4. The van der Waals surface area contributed by atoms with E-state index in [0.717, 1.165) is 23.9 Å². The van der Waals surface area contributed by atoms with Gasteiger partial charge in [-0.15, -0.1) is 0 Å². The van der Waals surface area contributed by atoms with E-state index < -0.39 is 0 Å². The van der Waals surface area contributed by atoms with Crippen molar-refractivity contribution in [2.75, 3.05) is 0 Å². The third kappa shape index (κ3) is 3.11. The van der Waals surface area contributed by atoms with Gasteiger partial charge in [0.15, 0.2) is 0 Å². The van der Waals surface area contributed by atoms with Crippen LogP contribution in [0.5, 0.6) is 5.75 Å². The molecule has 0 saturated heterocycles. The molecule has 0 aromatic heterocycles. The Morgan fingerprint density at radius 3 is 2.78 bits per heavy atom. The van der Waals surface area contributed by atoms with E-state index in [1.165, 1.54) is 12.1 Å². The SMILES string of the molecule is Cc1ccc(C=O)cc1OSc1cccc(F)c1. The molecule has 0 unspecified atom stereocenters. The molecule has 2 rings (SSSR count). The number of carbonyl (C=O) groups is 1. The molecule has 0 aliphatic rings. The minimum atomic E-state index is -0.304. The highest BCUT2D eigenvalue weighted by atomic mass is 32.2. The third-order valence-electron chi connectivity index (χ3n) is 2.37. The zero-order chi connectivity index (χ0) is 13.0. The summed E-state index contributed by atoms with van der Waals surface area (Å²) in [5.74, 6) is 0.302. The van der Waals surface area contributed by atoms with Crippen molar-refractivity contribution in [3.8, 4) is 5.75 Å². The molecule has 0 saturated carbocycles. The molecule has 2 aromatic carbocycles. The Hall–Kier alpha value is -1.81.